The second-order valence-electron chi connectivity index (χ2n) is 11.1. The molecule has 0 aliphatic heterocycles. The molecule has 0 spiro atoms. The van der Waals surface area contributed by atoms with Gasteiger partial charge in [0, 0.05) is 37.3 Å². The Morgan fingerprint density at radius 1 is 1.13 bits per heavy atom. The van der Waals surface area contributed by atoms with Crippen LogP contribution in [-0.2, 0) is 11.2 Å². The first-order valence-electron chi connectivity index (χ1n) is 13.0. The van der Waals surface area contributed by atoms with Crippen molar-refractivity contribution < 1.29 is 14.3 Å². The fourth-order valence-corrected chi connectivity index (χ4v) is 4.84. The zero-order chi connectivity index (χ0) is 27.6. The van der Waals surface area contributed by atoms with E-state index in [4.69, 9.17) is 9.72 Å². The molecule has 1 unspecified atom stereocenters. The van der Waals surface area contributed by atoms with E-state index in [0.29, 0.717) is 17.1 Å². The van der Waals surface area contributed by atoms with Gasteiger partial charge in [-0.1, -0.05) is 32.9 Å². The van der Waals surface area contributed by atoms with Crippen LogP contribution in [0.1, 0.15) is 72.9 Å². The minimum Gasteiger partial charge on any atom is -0.494 e. The van der Waals surface area contributed by atoms with Crippen LogP contribution in [0.4, 0.5) is 0 Å². The zero-order valence-electron chi connectivity index (χ0n) is 23.4. The number of hydrogen-bond acceptors (Lipinski definition) is 6. The minimum atomic E-state index is -0.397. The van der Waals surface area contributed by atoms with Gasteiger partial charge in [-0.15, -0.1) is 0 Å². The molecule has 0 bridgehead atoms. The maximum Gasteiger partial charge on any atom is 0.227 e. The van der Waals surface area contributed by atoms with Gasteiger partial charge in [-0.2, -0.15) is 5.10 Å². The van der Waals surface area contributed by atoms with E-state index in [0.717, 1.165) is 47.4 Å². The fourth-order valence-electron chi connectivity index (χ4n) is 4.84. The Labute approximate surface area is 224 Å². The summed E-state index contributed by atoms with van der Waals surface area (Å²) in [4.78, 5) is 36.8. The highest BCUT2D eigenvalue weighted by Crippen LogP contribution is 2.34. The number of ether oxygens (including phenoxy) is 1. The van der Waals surface area contributed by atoms with Gasteiger partial charge in [0.1, 0.15) is 11.4 Å². The number of amides is 1. The number of Topliss-reactive ketones (excluding diaryl/α,β-unsaturated/α-hetero) is 1. The summed E-state index contributed by atoms with van der Waals surface area (Å²) in [5, 5.41) is 4.39. The van der Waals surface area contributed by atoms with Crippen molar-refractivity contribution in [3.8, 4) is 11.6 Å². The quantitative estimate of drug-likeness (QED) is 0.404. The van der Waals surface area contributed by atoms with Crippen LogP contribution in [0.3, 0.4) is 0 Å². The van der Waals surface area contributed by atoms with E-state index in [1.165, 1.54) is 0 Å². The number of methoxy groups -OCH3 is 1. The Balaban J connectivity index is 1.47. The second-order valence-corrected chi connectivity index (χ2v) is 11.1. The van der Waals surface area contributed by atoms with E-state index in [1.54, 1.807) is 30.4 Å². The van der Waals surface area contributed by atoms with Gasteiger partial charge in [-0.25, -0.2) is 9.67 Å². The predicted octanol–water partition coefficient (Wildman–Crippen LogP) is 5.15. The number of hydrogen-bond donors (Lipinski definition) is 0. The number of allylic oxidation sites excluding steroid dienone is 1. The molecule has 8 nitrogen and oxygen atoms in total. The van der Waals surface area contributed by atoms with Crippen molar-refractivity contribution in [3.05, 3.63) is 70.9 Å². The van der Waals surface area contributed by atoms with E-state index in [2.05, 4.69) is 16.2 Å². The van der Waals surface area contributed by atoms with E-state index in [-0.39, 0.29) is 24.2 Å². The predicted molar refractivity (Wildman–Crippen MR) is 147 cm³/mol. The van der Waals surface area contributed by atoms with Crippen LogP contribution >= 0.6 is 0 Å². The number of ketones is 1. The molecule has 0 radical (unpaired) electrons. The maximum absolute atomic E-state index is 13.2. The third-order valence-corrected chi connectivity index (χ3v) is 7.11. The molecule has 0 saturated carbocycles. The molecule has 1 aliphatic carbocycles. The third kappa shape index (κ3) is 5.69. The normalized spacial score (nSPS) is 15.7. The van der Waals surface area contributed by atoms with Gasteiger partial charge >= 0.3 is 0 Å². The average molecular weight is 516 g/mol. The molecule has 200 valence electrons. The van der Waals surface area contributed by atoms with E-state index >= 15 is 0 Å². The van der Waals surface area contributed by atoms with Crippen molar-refractivity contribution in [3.63, 3.8) is 0 Å². The lowest BCUT2D eigenvalue weighted by Crippen LogP contribution is -2.43. The summed E-state index contributed by atoms with van der Waals surface area (Å²) < 4.78 is 7.36. The topological polar surface area (TPSA) is 90.2 Å². The van der Waals surface area contributed by atoms with Crippen LogP contribution in [-0.4, -0.2) is 56.5 Å². The lowest BCUT2D eigenvalue weighted by atomic mass is 9.89. The molecule has 1 amide bonds. The first kappa shape index (κ1) is 27.2. The molecule has 0 fully saturated rings. The molecule has 8 heteroatoms. The Morgan fingerprint density at radius 2 is 1.89 bits per heavy atom. The number of aromatic nitrogens is 4. The molecule has 4 rings (SSSR count). The lowest BCUT2D eigenvalue weighted by Gasteiger charge is -2.35. The van der Waals surface area contributed by atoms with Gasteiger partial charge in [-0.05, 0) is 61.9 Å². The molecule has 3 aromatic rings. The number of carbonyl (C=O) groups is 2. The van der Waals surface area contributed by atoms with Crippen molar-refractivity contribution in [2.45, 2.75) is 66.3 Å². The number of aryl methyl sites for hydroxylation is 1. The molecular weight excluding hydrogens is 478 g/mol. The van der Waals surface area contributed by atoms with Crippen LogP contribution in [0.15, 0.2) is 42.9 Å². The standard InChI is InChI=1S/C30H37N5O3/c1-19-8-13-27(31-16-19)35-20(2)24(18-33-35)25(36)14-21-15-26(38-7)28(32-17-21)22-9-11-23(12-10-22)34(6)29(37)30(3,4)5/h8-9,13,15-18,23H,10-12,14H2,1-7H3. The number of rotatable bonds is 7. The third-order valence-electron chi connectivity index (χ3n) is 7.11. The van der Waals surface area contributed by atoms with Crippen molar-refractivity contribution in [1.82, 2.24) is 24.6 Å². The molecule has 3 heterocycles. The van der Waals surface area contributed by atoms with Crippen LogP contribution < -0.4 is 4.74 Å². The van der Waals surface area contributed by atoms with Gasteiger partial charge in [0.25, 0.3) is 0 Å². The summed E-state index contributed by atoms with van der Waals surface area (Å²) >= 11 is 0. The van der Waals surface area contributed by atoms with Crippen molar-refractivity contribution >= 4 is 17.3 Å². The van der Waals surface area contributed by atoms with Crippen LogP contribution in [0.5, 0.6) is 5.75 Å². The van der Waals surface area contributed by atoms with Gasteiger partial charge in [0.05, 0.1) is 24.6 Å². The molecule has 0 N–H and O–H groups in total. The summed E-state index contributed by atoms with van der Waals surface area (Å²) in [6.07, 6.45) is 9.93. The van der Waals surface area contributed by atoms with Crippen LogP contribution in [0, 0.1) is 19.3 Å². The SMILES string of the molecule is COc1cc(CC(=O)c2cnn(-c3ccc(C)cn3)c2C)cnc1C1=CCC(N(C)C(=O)C(C)(C)C)CC1. The molecule has 38 heavy (non-hydrogen) atoms. The summed E-state index contributed by atoms with van der Waals surface area (Å²) in [6, 6.07) is 5.92. The second kappa shape index (κ2) is 10.9. The summed E-state index contributed by atoms with van der Waals surface area (Å²) in [5.41, 5.74) is 4.65. The smallest absolute Gasteiger partial charge is 0.227 e. The lowest BCUT2D eigenvalue weighted by molar-refractivity contribution is -0.140. The minimum absolute atomic E-state index is 0.0382. The highest BCUT2D eigenvalue weighted by atomic mass is 16.5. The molecule has 0 saturated heterocycles. The zero-order valence-corrected chi connectivity index (χ0v) is 23.4. The van der Waals surface area contributed by atoms with Gasteiger partial charge in [0.2, 0.25) is 5.91 Å². The van der Waals surface area contributed by atoms with Crippen molar-refractivity contribution in [1.29, 1.82) is 0 Å². The average Bonchev–Trinajstić information content (AvgIpc) is 3.29. The summed E-state index contributed by atoms with van der Waals surface area (Å²) in [6.45, 7) is 9.70. The Morgan fingerprint density at radius 3 is 2.50 bits per heavy atom. The van der Waals surface area contributed by atoms with Gasteiger partial charge in [0.15, 0.2) is 11.6 Å². The van der Waals surface area contributed by atoms with Crippen LogP contribution in [0.2, 0.25) is 0 Å². The number of carbonyl (C=O) groups excluding carboxylic acids is 2. The summed E-state index contributed by atoms with van der Waals surface area (Å²) in [7, 11) is 3.52. The van der Waals surface area contributed by atoms with Gasteiger partial charge in [-0.3, -0.25) is 14.6 Å². The Bertz CT molecular complexity index is 1370. The maximum atomic E-state index is 13.2. The fraction of sp³-hybridized carbons (Fsp3) is 0.433. The number of nitrogens with zero attached hydrogens (tertiary/aromatic N) is 5. The molecular formula is C30H37N5O3. The van der Waals surface area contributed by atoms with Crippen molar-refractivity contribution in [2.24, 2.45) is 5.41 Å². The van der Waals surface area contributed by atoms with Crippen molar-refractivity contribution in [2.75, 3.05) is 14.2 Å². The summed E-state index contributed by atoms with van der Waals surface area (Å²) in [5.74, 6) is 1.44. The molecule has 0 aromatic carbocycles. The molecule has 1 atom stereocenters. The monoisotopic (exact) mass is 515 g/mol. The first-order chi connectivity index (χ1) is 18.0. The molecule has 3 aromatic heterocycles. The number of pyridine rings is 2. The Hall–Kier alpha value is -3.81. The molecule has 1 aliphatic rings. The van der Waals surface area contributed by atoms with E-state index < -0.39 is 5.41 Å². The highest BCUT2D eigenvalue weighted by molar-refractivity contribution is 5.98. The van der Waals surface area contributed by atoms with Crippen LogP contribution in [0.25, 0.3) is 11.4 Å². The highest BCUT2D eigenvalue weighted by Gasteiger charge is 2.30. The Kier molecular flexibility index (Phi) is 7.81. The van der Waals surface area contributed by atoms with E-state index in [9.17, 15) is 9.59 Å². The first-order valence-corrected chi connectivity index (χ1v) is 13.0. The largest absolute Gasteiger partial charge is 0.494 e. The van der Waals surface area contributed by atoms with Gasteiger partial charge < -0.3 is 9.64 Å². The van der Waals surface area contributed by atoms with E-state index in [1.807, 2.05) is 64.8 Å².